The van der Waals surface area contributed by atoms with Crippen LogP contribution in [-0.2, 0) is 6.42 Å². The Labute approximate surface area is 153 Å². The number of nitrogens with two attached hydrogens (primary N) is 2. The number of pyridine rings is 1. The van der Waals surface area contributed by atoms with Crippen molar-refractivity contribution < 1.29 is 19.0 Å². The first-order valence-corrected chi connectivity index (χ1v) is 8.97. The second-order valence-electron chi connectivity index (χ2n) is 5.78. The first-order valence-electron chi connectivity index (χ1n) is 8.16. The van der Waals surface area contributed by atoms with Crippen molar-refractivity contribution in [2.75, 3.05) is 18.9 Å². The molecule has 8 heteroatoms. The van der Waals surface area contributed by atoms with E-state index in [1.165, 1.54) is 11.3 Å². The number of fused-ring (bicyclic) bond motifs is 2. The van der Waals surface area contributed by atoms with Gasteiger partial charge in [0.05, 0.1) is 11.4 Å². The third kappa shape index (κ3) is 2.78. The molecular formula is C18H17N3O4S. The van der Waals surface area contributed by atoms with E-state index >= 15 is 0 Å². The number of carbonyl (C=O) groups excluding carboxylic acids is 1. The SMILES string of the molecule is CCc1cc(-c2ccc3c(c2)OCCO3)nc2sc(OC(N)=O)c(N)c12. The van der Waals surface area contributed by atoms with Gasteiger partial charge in [-0.15, -0.1) is 0 Å². The number of nitrogen functional groups attached to an aromatic ring is 1. The molecule has 0 saturated carbocycles. The Kier molecular flexibility index (Phi) is 4.04. The smallest absolute Gasteiger partial charge is 0.410 e. The number of carbonyl (C=O) groups is 1. The predicted octanol–water partition coefficient (Wildman–Crippen LogP) is 3.34. The number of aryl methyl sites for hydroxylation is 1. The van der Waals surface area contributed by atoms with Crippen molar-refractivity contribution in [2.24, 2.45) is 5.73 Å². The summed E-state index contributed by atoms with van der Waals surface area (Å²) < 4.78 is 16.2. The third-order valence-corrected chi connectivity index (χ3v) is 5.14. The van der Waals surface area contributed by atoms with Gasteiger partial charge in [-0.3, -0.25) is 0 Å². The van der Waals surface area contributed by atoms with Gasteiger partial charge < -0.3 is 25.7 Å². The molecule has 1 aliphatic heterocycles. The molecule has 0 aliphatic carbocycles. The fourth-order valence-electron chi connectivity index (χ4n) is 2.98. The van der Waals surface area contributed by atoms with E-state index in [1.54, 1.807) is 0 Å². The molecule has 2 aromatic heterocycles. The lowest BCUT2D eigenvalue weighted by Crippen LogP contribution is -2.16. The van der Waals surface area contributed by atoms with Gasteiger partial charge in [-0.05, 0) is 36.2 Å². The molecule has 0 spiro atoms. The van der Waals surface area contributed by atoms with Gasteiger partial charge in [-0.2, -0.15) is 0 Å². The zero-order valence-corrected chi connectivity index (χ0v) is 14.9. The lowest BCUT2D eigenvalue weighted by atomic mass is 10.0. The summed E-state index contributed by atoms with van der Waals surface area (Å²) in [6.45, 7) is 3.11. The highest BCUT2D eigenvalue weighted by Gasteiger charge is 2.19. The van der Waals surface area contributed by atoms with Crippen LogP contribution in [-0.4, -0.2) is 24.3 Å². The maximum absolute atomic E-state index is 11.1. The number of aromatic nitrogens is 1. The number of amides is 1. The monoisotopic (exact) mass is 371 g/mol. The van der Waals surface area contributed by atoms with Crippen molar-refractivity contribution in [3.8, 4) is 27.8 Å². The molecule has 1 aliphatic rings. The van der Waals surface area contributed by atoms with E-state index < -0.39 is 6.09 Å². The van der Waals surface area contributed by atoms with Gasteiger partial charge in [0.15, 0.2) is 11.5 Å². The summed E-state index contributed by atoms with van der Waals surface area (Å²) in [5.41, 5.74) is 14.4. The summed E-state index contributed by atoms with van der Waals surface area (Å²) in [7, 11) is 0. The van der Waals surface area contributed by atoms with E-state index in [0.717, 1.165) is 34.4 Å². The van der Waals surface area contributed by atoms with Crippen molar-refractivity contribution in [3.05, 3.63) is 29.8 Å². The molecule has 0 unspecified atom stereocenters. The largest absolute Gasteiger partial charge is 0.486 e. The van der Waals surface area contributed by atoms with Crippen LogP contribution in [0.5, 0.6) is 16.6 Å². The number of primary amides is 1. The van der Waals surface area contributed by atoms with Gasteiger partial charge in [0.2, 0.25) is 5.06 Å². The average molecular weight is 371 g/mol. The molecule has 0 saturated heterocycles. The van der Waals surface area contributed by atoms with Gasteiger partial charge in [-0.1, -0.05) is 18.3 Å². The minimum atomic E-state index is -0.895. The number of anilines is 1. The first-order chi connectivity index (χ1) is 12.6. The molecule has 4 N–H and O–H groups in total. The Hall–Kier alpha value is -3.00. The molecule has 26 heavy (non-hydrogen) atoms. The highest BCUT2D eigenvalue weighted by molar-refractivity contribution is 7.21. The molecule has 3 heterocycles. The fourth-order valence-corrected chi connectivity index (χ4v) is 3.97. The van der Waals surface area contributed by atoms with Crippen LogP contribution in [0.1, 0.15) is 12.5 Å². The van der Waals surface area contributed by atoms with Crippen LogP contribution in [0.4, 0.5) is 10.5 Å². The number of hydrogen-bond donors (Lipinski definition) is 2. The van der Waals surface area contributed by atoms with E-state index in [0.29, 0.717) is 29.5 Å². The van der Waals surface area contributed by atoms with E-state index in [-0.39, 0.29) is 5.06 Å². The van der Waals surface area contributed by atoms with E-state index in [4.69, 9.17) is 30.7 Å². The molecule has 0 atom stereocenters. The van der Waals surface area contributed by atoms with Crippen molar-refractivity contribution in [1.82, 2.24) is 4.98 Å². The van der Waals surface area contributed by atoms with Crippen LogP contribution >= 0.6 is 11.3 Å². The van der Waals surface area contributed by atoms with Crippen LogP contribution in [0.3, 0.4) is 0 Å². The summed E-state index contributed by atoms with van der Waals surface area (Å²) in [5.74, 6) is 1.44. The van der Waals surface area contributed by atoms with Gasteiger partial charge in [-0.25, -0.2) is 9.78 Å². The Balaban J connectivity index is 1.85. The van der Waals surface area contributed by atoms with Crippen molar-refractivity contribution in [3.63, 3.8) is 0 Å². The van der Waals surface area contributed by atoms with Crippen molar-refractivity contribution >= 4 is 33.3 Å². The van der Waals surface area contributed by atoms with E-state index in [2.05, 4.69) is 0 Å². The van der Waals surface area contributed by atoms with E-state index in [1.807, 2.05) is 31.2 Å². The Morgan fingerprint density at radius 3 is 2.77 bits per heavy atom. The maximum Gasteiger partial charge on any atom is 0.410 e. The minimum Gasteiger partial charge on any atom is -0.486 e. The topological polar surface area (TPSA) is 110 Å². The number of benzene rings is 1. The third-order valence-electron chi connectivity index (χ3n) is 4.16. The molecule has 1 amide bonds. The second kappa shape index (κ2) is 6.38. The lowest BCUT2D eigenvalue weighted by molar-refractivity contribution is 0.171. The molecule has 3 aromatic rings. The standard InChI is InChI=1S/C18H17N3O4S/c1-2-9-7-11(10-3-4-12-13(8-10)24-6-5-23-12)21-16-14(9)15(19)17(26-16)25-18(20)22/h3-4,7-8H,2,5-6,19H2,1H3,(H2,20,22). The summed E-state index contributed by atoms with van der Waals surface area (Å²) in [4.78, 5) is 16.5. The van der Waals surface area contributed by atoms with Gasteiger partial charge in [0, 0.05) is 10.9 Å². The summed E-state index contributed by atoms with van der Waals surface area (Å²) >= 11 is 1.20. The maximum atomic E-state index is 11.1. The molecule has 0 fully saturated rings. The first kappa shape index (κ1) is 16.5. The van der Waals surface area contributed by atoms with Crippen LogP contribution < -0.4 is 25.7 Å². The fraction of sp³-hybridized carbons (Fsp3) is 0.222. The number of nitrogens with zero attached hydrogens (tertiary/aromatic N) is 1. The number of ether oxygens (including phenoxy) is 3. The Morgan fingerprint density at radius 1 is 1.27 bits per heavy atom. The molecular weight excluding hydrogens is 354 g/mol. The average Bonchev–Trinajstić information content (AvgIpc) is 2.95. The Morgan fingerprint density at radius 2 is 2.04 bits per heavy atom. The number of thiophene rings is 1. The zero-order valence-electron chi connectivity index (χ0n) is 14.1. The number of hydrogen-bond acceptors (Lipinski definition) is 7. The summed E-state index contributed by atoms with van der Waals surface area (Å²) in [5, 5.41) is 1.07. The molecule has 7 nitrogen and oxygen atoms in total. The molecule has 1 aromatic carbocycles. The molecule has 134 valence electrons. The normalized spacial score (nSPS) is 13.0. The second-order valence-corrected chi connectivity index (χ2v) is 6.74. The number of rotatable bonds is 3. The highest BCUT2D eigenvalue weighted by atomic mass is 32.1. The van der Waals surface area contributed by atoms with Crippen LogP contribution in [0.2, 0.25) is 0 Å². The van der Waals surface area contributed by atoms with Gasteiger partial charge in [0.25, 0.3) is 0 Å². The van der Waals surface area contributed by atoms with Crippen LogP contribution in [0, 0.1) is 0 Å². The summed E-state index contributed by atoms with van der Waals surface area (Å²) in [6.07, 6.45) is -0.138. The summed E-state index contributed by atoms with van der Waals surface area (Å²) in [6, 6.07) is 7.73. The van der Waals surface area contributed by atoms with E-state index in [9.17, 15) is 4.79 Å². The van der Waals surface area contributed by atoms with Crippen molar-refractivity contribution in [2.45, 2.75) is 13.3 Å². The molecule has 0 bridgehead atoms. The van der Waals surface area contributed by atoms with Crippen LogP contribution in [0.15, 0.2) is 24.3 Å². The highest BCUT2D eigenvalue weighted by Crippen LogP contribution is 2.43. The lowest BCUT2D eigenvalue weighted by Gasteiger charge is -2.18. The quantitative estimate of drug-likeness (QED) is 0.731. The zero-order chi connectivity index (χ0) is 18.3. The van der Waals surface area contributed by atoms with Crippen molar-refractivity contribution in [1.29, 1.82) is 0 Å². The molecule has 4 rings (SSSR count). The minimum absolute atomic E-state index is 0.272. The Bertz CT molecular complexity index is 1020. The predicted molar refractivity (Wildman–Crippen MR) is 100 cm³/mol. The molecule has 0 radical (unpaired) electrons. The van der Waals surface area contributed by atoms with Gasteiger partial charge >= 0.3 is 6.09 Å². The van der Waals surface area contributed by atoms with Gasteiger partial charge in [0.1, 0.15) is 18.0 Å². The van der Waals surface area contributed by atoms with Crippen LogP contribution in [0.25, 0.3) is 21.5 Å².